The molecule has 15 heteroatoms. The van der Waals surface area contributed by atoms with Crippen molar-refractivity contribution in [3.63, 3.8) is 0 Å². The van der Waals surface area contributed by atoms with Gasteiger partial charge in [0.2, 0.25) is 14.8 Å². The largest absolute Gasteiger partial charge is 0.499 e. The fourth-order valence-electron chi connectivity index (χ4n) is 4.33. The minimum Gasteiger partial charge on any atom is -0.499 e. The number of methoxy groups -OCH3 is 1. The summed E-state index contributed by atoms with van der Waals surface area (Å²) in [6.45, 7) is 3.97. The number of aryl methyl sites for hydroxylation is 1. The minimum absolute atomic E-state index is 0.0800. The van der Waals surface area contributed by atoms with E-state index in [0.717, 1.165) is 17.4 Å². The monoisotopic (exact) mass is 655 g/mol. The molecule has 1 heterocycles. The van der Waals surface area contributed by atoms with Crippen molar-refractivity contribution in [2.24, 2.45) is 0 Å². The summed E-state index contributed by atoms with van der Waals surface area (Å²) in [6.07, 6.45) is 0. The number of non-ortho nitro benzene ring substituents is 1. The van der Waals surface area contributed by atoms with Crippen LogP contribution in [0.2, 0.25) is 0 Å². The number of allylic oxidation sites excluding steroid dienone is 1. The summed E-state index contributed by atoms with van der Waals surface area (Å²) in [5, 5.41) is 11.9. The molecule has 2 atom stereocenters. The second-order valence-corrected chi connectivity index (χ2v) is 13.7. The zero-order valence-electron chi connectivity index (χ0n) is 24.6. The molecule has 0 aromatic heterocycles. The number of nitrogens with one attached hydrogen (secondary N) is 1. The van der Waals surface area contributed by atoms with E-state index in [-0.39, 0.29) is 28.7 Å². The third-order valence-electron chi connectivity index (χ3n) is 6.62. The molecule has 1 aliphatic heterocycles. The van der Waals surface area contributed by atoms with Crippen molar-refractivity contribution < 1.29 is 41.9 Å². The molecule has 0 bridgehead atoms. The molecule has 1 fully saturated rings. The molecule has 2 unspecified atom stereocenters. The molecule has 1 aliphatic rings. The predicted octanol–water partition coefficient (Wildman–Crippen LogP) is 4.03. The summed E-state index contributed by atoms with van der Waals surface area (Å²) in [7, 11) is -2.69. The minimum atomic E-state index is -4.23. The van der Waals surface area contributed by atoms with Crippen LogP contribution in [0.25, 0.3) is 0 Å². The number of nitro groups is 1. The zero-order valence-corrected chi connectivity index (χ0v) is 26.2. The summed E-state index contributed by atoms with van der Waals surface area (Å²) >= 11 is 0. The third kappa shape index (κ3) is 7.10. The molecule has 45 heavy (non-hydrogen) atoms. The van der Waals surface area contributed by atoms with Gasteiger partial charge in [0.25, 0.3) is 17.3 Å². The molecule has 0 spiro atoms. The van der Waals surface area contributed by atoms with Gasteiger partial charge in [-0.25, -0.2) is 13.2 Å². The van der Waals surface area contributed by atoms with Gasteiger partial charge in [-0.1, -0.05) is 35.9 Å². The van der Waals surface area contributed by atoms with Gasteiger partial charge in [-0.15, -0.1) is 0 Å². The number of benzene rings is 3. The molecule has 1 saturated heterocycles. The van der Waals surface area contributed by atoms with Crippen LogP contribution in [0.3, 0.4) is 0 Å². The van der Waals surface area contributed by atoms with Gasteiger partial charge < -0.3 is 19.5 Å². The first-order chi connectivity index (χ1) is 21.3. The topological polar surface area (TPSA) is 171 Å². The molecule has 1 N–H and O–H groups in total. The van der Waals surface area contributed by atoms with Gasteiger partial charge in [-0.2, -0.15) is 0 Å². The number of rotatable bonds is 12. The van der Waals surface area contributed by atoms with Crippen molar-refractivity contribution in [2.75, 3.05) is 7.11 Å². The van der Waals surface area contributed by atoms with E-state index in [2.05, 4.69) is 5.32 Å². The standard InChI is InChI=1S/C30H29N3O10S2/c1-19-10-16-25(17-11-19)45(39,40)44-29-30(31-21(3)34,43-24-8-6-5-7-9-24)28(36)32(29)26(20(2)41-4)27(35)42-18-22-12-14-23(15-13-22)33(37)38/h5-17,29H,18H2,1-4H3,(H,31,34)/b26-20+. The highest BCUT2D eigenvalue weighted by Gasteiger charge is 2.68. The lowest BCUT2D eigenvalue weighted by atomic mass is 9.99. The lowest BCUT2D eigenvalue weighted by Crippen LogP contribution is -2.81. The van der Waals surface area contributed by atoms with Crippen LogP contribution < -0.4 is 10.1 Å². The second-order valence-electron chi connectivity index (χ2n) is 9.83. The van der Waals surface area contributed by atoms with E-state index in [1.54, 1.807) is 37.3 Å². The Balaban J connectivity index is 1.76. The van der Waals surface area contributed by atoms with Crippen LogP contribution in [0.15, 0.2) is 95.2 Å². The normalized spacial score (nSPS) is 18.3. The van der Waals surface area contributed by atoms with Gasteiger partial charge in [-0.3, -0.25) is 24.6 Å². The van der Waals surface area contributed by atoms with Crippen molar-refractivity contribution >= 4 is 43.1 Å². The van der Waals surface area contributed by atoms with Gasteiger partial charge in [-0.05, 0) is 55.8 Å². The van der Waals surface area contributed by atoms with Crippen LogP contribution >= 0.6 is 10.8 Å². The zero-order chi connectivity index (χ0) is 32.9. The lowest BCUT2D eigenvalue weighted by Gasteiger charge is -2.53. The van der Waals surface area contributed by atoms with Gasteiger partial charge in [0.15, 0.2) is 11.1 Å². The van der Waals surface area contributed by atoms with E-state index in [0.29, 0.717) is 16.4 Å². The first kappa shape index (κ1) is 33.0. The number of β-lactam (4-membered cyclic amide) rings is 1. The number of likely N-dealkylation sites (tertiary alicyclic amines) is 1. The molecule has 13 nitrogen and oxygen atoms in total. The average Bonchev–Trinajstić information content (AvgIpc) is 3.01. The highest BCUT2D eigenvalue weighted by molar-refractivity contribution is 8.72. The summed E-state index contributed by atoms with van der Waals surface area (Å²) < 4.78 is 44.1. The fraction of sp³-hybridized carbons (Fsp3) is 0.233. The van der Waals surface area contributed by atoms with Crippen molar-refractivity contribution in [3.05, 3.63) is 112 Å². The molecule has 0 radical (unpaired) electrons. The Morgan fingerprint density at radius 2 is 1.64 bits per heavy atom. The molecule has 236 valence electrons. The number of carbonyl (C=O) groups is 3. The summed E-state index contributed by atoms with van der Waals surface area (Å²) in [5.74, 6) is -2.67. The Hall–Kier alpha value is -4.89. The van der Waals surface area contributed by atoms with Crippen LogP contribution in [-0.2, 0) is 39.3 Å². The molecule has 3 aromatic rings. The molecule has 0 aliphatic carbocycles. The van der Waals surface area contributed by atoms with Crippen molar-refractivity contribution in [1.29, 1.82) is 0 Å². The Kier molecular flexibility index (Phi) is 9.83. The number of hydrogen-bond acceptors (Lipinski definition) is 11. The average molecular weight is 656 g/mol. The number of para-hydroxylation sites is 1. The van der Waals surface area contributed by atoms with Gasteiger partial charge in [0.1, 0.15) is 18.1 Å². The Morgan fingerprint density at radius 3 is 2.20 bits per heavy atom. The van der Waals surface area contributed by atoms with E-state index in [9.17, 15) is 32.9 Å². The molecular formula is C30H29N3O10S2. The lowest BCUT2D eigenvalue weighted by molar-refractivity contribution is -0.384. The maximum Gasteiger partial charge on any atom is 0.358 e. The van der Waals surface area contributed by atoms with Gasteiger partial charge in [0.05, 0.1) is 16.9 Å². The molecule has 4 rings (SSSR count). The van der Waals surface area contributed by atoms with Crippen LogP contribution in [-0.4, -0.2) is 54.2 Å². The van der Waals surface area contributed by atoms with E-state index < -0.39 is 48.4 Å². The number of hydrogen-bond donors (Lipinski definition) is 1. The summed E-state index contributed by atoms with van der Waals surface area (Å²) in [6, 6.07) is 19.3. The highest BCUT2D eigenvalue weighted by atomic mass is 33.1. The van der Waals surface area contributed by atoms with E-state index in [1.165, 1.54) is 62.6 Å². The number of amides is 2. The number of esters is 1. The molecule has 2 amide bonds. The fourth-order valence-corrected chi connectivity index (χ4v) is 7.83. The molecule has 3 aromatic carbocycles. The number of nitro benzene ring substituents is 1. The molecular weight excluding hydrogens is 626 g/mol. The Morgan fingerprint density at radius 1 is 1.02 bits per heavy atom. The van der Waals surface area contributed by atoms with Crippen molar-refractivity contribution in [3.8, 4) is 5.75 Å². The van der Waals surface area contributed by atoms with E-state index >= 15 is 0 Å². The third-order valence-corrected chi connectivity index (χ3v) is 10.3. The van der Waals surface area contributed by atoms with Crippen LogP contribution in [0.5, 0.6) is 5.75 Å². The maximum atomic E-state index is 14.1. The number of nitrogens with zero attached hydrogens (tertiary/aromatic N) is 2. The van der Waals surface area contributed by atoms with Gasteiger partial charge >= 0.3 is 5.97 Å². The highest BCUT2D eigenvalue weighted by Crippen LogP contribution is 2.47. The quantitative estimate of drug-likeness (QED) is 0.0437. The van der Waals surface area contributed by atoms with E-state index in [4.69, 9.17) is 14.2 Å². The van der Waals surface area contributed by atoms with Crippen LogP contribution in [0.4, 0.5) is 5.69 Å². The van der Waals surface area contributed by atoms with E-state index in [1.807, 2.05) is 0 Å². The van der Waals surface area contributed by atoms with Crippen molar-refractivity contribution in [2.45, 2.75) is 43.4 Å². The summed E-state index contributed by atoms with van der Waals surface area (Å²) in [4.78, 5) is 51.2. The Labute approximate surface area is 262 Å². The smallest absolute Gasteiger partial charge is 0.358 e. The molecule has 0 saturated carbocycles. The van der Waals surface area contributed by atoms with Crippen molar-refractivity contribution in [1.82, 2.24) is 10.2 Å². The van der Waals surface area contributed by atoms with Gasteiger partial charge in [0, 0.05) is 29.9 Å². The SMILES string of the molecule is CO/C(C)=C(\C(=O)OCc1ccc([N+](=O)[O-])cc1)N1C(=O)C(NC(C)=O)(Oc2ccccc2)C1SS(=O)(=O)c1ccc(C)cc1. The first-order valence-corrected chi connectivity index (χ1v) is 16.2. The Bertz CT molecular complexity index is 1740. The maximum absolute atomic E-state index is 14.1. The number of ether oxygens (including phenoxy) is 3. The van der Waals surface area contributed by atoms with Crippen LogP contribution in [0, 0.1) is 17.0 Å². The van der Waals surface area contributed by atoms with Crippen LogP contribution in [0.1, 0.15) is 25.0 Å². The second kappa shape index (κ2) is 13.4. The summed E-state index contributed by atoms with van der Waals surface area (Å²) in [5.41, 5.74) is -1.62. The number of carbonyl (C=O) groups excluding carboxylic acids is 3. The first-order valence-electron chi connectivity index (χ1n) is 13.3. The predicted molar refractivity (Wildman–Crippen MR) is 163 cm³/mol.